The van der Waals surface area contributed by atoms with Crippen LogP contribution in [0.25, 0.3) is 0 Å². The van der Waals surface area contributed by atoms with E-state index in [9.17, 15) is 9.59 Å². The number of nitrogens with zero attached hydrogens (tertiary/aromatic N) is 1. The lowest BCUT2D eigenvalue weighted by atomic mass is 9.97. The Kier molecular flexibility index (Phi) is 5.25. The standard InChI is InChI=1S/C11H19NO4/c13-8-9-4-6-12(7-5-9)10(14)2-1-3-11(15)16/h9,13H,1-8H2,(H,15,16). The van der Waals surface area contributed by atoms with Gasteiger partial charge in [0.25, 0.3) is 0 Å². The Bertz CT molecular complexity index is 246. The first kappa shape index (κ1) is 13.0. The van der Waals surface area contributed by atoms with Crippen molar-refractivity contribution in [1.82, 2.24) is 4.90 Å². The minimum absolute atomic E-state index is 0.0395. The van der Waals surface area contributed by atoms with Crippen molar-refractivity contribution in [3.05, 3.63) is 0 Å². The van der Waals surface area contributed by atoms with Crippen molar-refractivity contribution < 1.29 is 19.8 Å². The number of carbonyl (C=O) groups excluding carboxylic acids is 1. The zero-order valence-corrected chi connectivity index (χ0v) is 9.39. The summed E-state index contributed by atoms with van der Waals surface area (Å²) in [6.45, 7) is 1.58. The molecule has 5 nitrogen and oxygen atoms in total. The number of aliphatic hydroxyl groups excluding tert-OH is 1. The van der Waals surface area contributed by atoms with Gasteiger partial charge in [0.15, 0.2) is 0 Å². The minimum Gasteiger partial charge on any atom is -0.481 e. The van der Waals surface area contributed by atoms with E-state index in [0.29, 0.717) is 31.8 Å². The SMILES string of the molecule is O=C(O)CCCC(=O)N1CCC(CO)CC1. The summed E-state index contributed by atoms with van der Waals surface area (Å²) in [5, 5.41) is 17.4. The number of likely N-dealkylation sites (tertiary alicyclic amines) is 1. The Morgan fingerprint density at radius 1 is 1.19 bits per heavy atom. The van der Waals surface area contributed by atoms with Crippen LogP contribution in [0.2, 0.25) is 0 Å². The molecule has 2 N–H and O–H groups in total. The lowest BCUT2D eigenvalue weighted by Crippen LogP contribution is -2.39. The number of hydrogen-bond donors (Lipinski definition) is 2. The number of rotatable bonds is 5. The number of hydrogen-bond acceptors (Lipinski definition) is 3. The zero-order valence-electron chi connectivity index (χ0n) is 9.39. The van der Waals surface area contributed by atoms with Crippen LogP contribution in [0, 0.1) is 5.92 Å². The van der Waals surface area contributed by atoms with Crippen molar-refractivity contribution in [1.29, 1.82) is 0 Å². The minimum atomic E-state index is -0.855. The molecule has 0 spiro atoms. The quantitative estimate of drug-likeness (QED) is 0.718. The Labute approximate surface area is 95.1 Å². The van der Waals surface area contributed by atoms with E-state index in [0.717, 1.165) is 12.8 Å². The highest BCUT2D eigenvalue weighted by atomic mass is 16.4. The first-order valence-electron chi connectivity index (χ1n) is 5.74. The van der Waals surface area contributed by atoms with E-state index in [4.69, 9.17) is 10.2 Å². The molecule has 0 saturated carbocycles. The van der Waals surface area contributed by atoms with E-state index in [1.807, 2.05) is 0 Å². The number of amides is 1. The van der Waals surface area contributed by atoms with Crippen molar-refractivity contribution >= 4 is 11.9 Å². The fraction of sp³-hybridized carbons (Fsp3) is 0.818. The summed E-state index contributed by atoms with van der Waals surface area (Å²) in [6.07, 6.45) is 2.48. The molecule has 0 aliphatic carbocycles. The molecule has 1 amide bonds. The third kappa shape index (κ3) is 4.18. The van der Waals surface area contributed by atoms with Crippen LogP contribution in [0.3, 0.4) is 0 Å². The molecule has 1 aliphatic heterocycles. The molecule has 0 bridgehead atoms. The molecule has 5 heteroatoms. The summed E-state index contributed by atoms with van der Waals surface area (Å²) in [4.78, 5) is 23.7. The molecule has 0 unspecified atom stereocenters. The normalized spacial score (nSPS) is 17.4. The van der Waals surface area contributed by atoms with Gasteiger partial charge in [0.1, 0.15) is 0 Å². The Hall–Kier alpha value is -1.10. The maximum Gasteiger partial charge on any atom is 0.303 e. The second-order valence-electron chi connectivity index (χ2n) is 4.25. The van der Waals surface area contributed by atoms with Crippen LogP contribution in [0.15, 0.2) is 0 Å². The lowest BCUT2D eigenvalue weighted by Gasteiger charge is -2.31. The third-order valence-electron chi connectivity index (χ3n) is 3.01. The van der Waals surface area contributed by atoms with Crippen molar-refractivity contribution in [2.24, 2.45) is 5.92 Å². The highest BCUT2D eigenvalue weighted by Gasteiger charge is 2.21. The van der Waals surface area contributed by atoms with E-state index in [1.54, 1.807) is 4.90 Å². The van der Waals surface area contributed by atoms with E-state index < -0.39 is 5.97 Å². The molecule has 92 valence electrons. The van der Waals surface area contributed by atoms with Crippen molar-refractivity contribution in [3.8, 4) is 0 Å². The largest absolute Gasteiger partial charge is 0.481 e. The van der Waals surface area contributed by atoms with Gasteiger partial charge in [-0.2, -0.15) is 0 Å². The highest BCUT2D eigenvalue weighted by Crippen LogP contribution is 2.17. The molecule has 1 rings (SSSR count). The van der Waals surface area contributed by atoms with Crippen LogP contribution in [0.1, 0.15) is 32.1 Å². The first-order chi connectivity index (χ1) is 7.63. The number of aliphatic carboxylic acids is 1. The molecule has 1 heterocycles. The van der Waals surface area contributed by atoms with Crippen molar-refractivity contribution in [3.63, 3.8) is 0 Å². The van der Waals surface area contributed by atoms with E-state index in [2.05, 4.69) is 0 Å². The second kappa shape index (κ2) is 6.48. The summed E-state index contributed by atoms with van der Waals surface area (Å²) in [7, 11) is 0. The summed E-state index contributed by atoms with van der Waals surface area (Å²) in [5.41, 5.74) is 0. The van der Waals surface area contributed by atoms with Crippen LogP contribution >= 0.6 is 0 Å². The third-order valence-corrected chi connectivity index (χ3v) is 3.01. The fourth-order valence-corrected chi connectivity index (χ4v) is 1.91. The van der Waals surface area contributed by atoms with Gasteiger partial charge in [0.05, 0.1) is 0 Å². The summed E-state index contributed by atoms with van der Waals surface area (Å²) in [6, 6.07) is 0. The topological polar surface area (TPSA) is 77.8 Å². The molecule has 1 saturated heterocycles. The first-order valence-corrected chi connectivity index (χ1v) is 5.74. The van der Waals surface area contributed by atoms with E-state index in [1.165, 1.54) is 0 Å². The van der Waals surface area contributed by atoms with Crippen molar-refractivity contribution in [2.45, 2.75) is 32.1 Å². The van der Waals surface area contributed by atoms with E-state index in [-0.39, 0.29) is 18.9 Å². The van der Waals surface area contributed by atoms with Gasteiger partial charge in [-0.1, -0.05) is 0 Å². The number of carboxylic acids is 1. The number of carboxylic acid groups (broad SMARTS) is 1. The molecule has 0 aromatic rings. The maximum absolute atomic E-state index is 11.6. The second-order valence-corrected chi connectivity index (χ2v) is 4.25. The molecule has 0 radical (unpaired) electrons. The van der Waals surface area contributed by atoms with Gasteiger partial charge in [0, 0.05) is 32.5 Å². The maximum atomic E-state index is 11.6. The summed E-state index contributed by atoms with van der Waals surface area (Å²) < 4.78 is 0. The van der Waals surface area contributed by atoms with Crippen LogP contribution in [0.5, 0.6) is 0 Å². The number of carbonyl (C=O) groups is 2. The molecule has 0 atom stereocenters. The zero-order chi connectivity index (χ0) is 12.0. The average molecular weight is 229 g/mol. The molecular weight excluding hydrogens is 210 g/mol. The smallest absolute Gasteiger partial charge is 0.303 e. The van der Waals surface area contributed by atoms with Gasteiger partial charge in [-0.15, -0.1) is 0 Å². The van der Waals surface area contributed by atoms with Gasteiger partial charge < -0.3 is 15.1 Å². The van der Waals surface area contributed by atoms with Gasteiger partial charge >= 0.3 is 5.97 Å². The monoisotopic (exact) mass is 229 g/mol. The summed E-state index contributed by atoms with van der Waals surface area (Å²) in [5.74, 6) is -0.493. The molecule has 16 heavy (non-hydrogen) atoms. The Morgan fingerprint density at radius 2 is 1.81 bits per heavy atom. The number of aliphatic hydroxyl groups is 1. The van der Waals surface area contributed by atoms with Crippen LogP contribution < -0.4 is 0 Å². The average Bonchev–Trinajstić information content (AvgIpc) is 2.28. The predicted octanol–water partition coefficient (Wildman–Crippen LogP) is 0.472. The van der Waals surface area contributed by atoms with Gasteiger partial charge in [0.2, 0.25) is 5.91 Å². The molecule has 1 fully saturated rings. The Balaban J connectivity index is 2.20. The van der Waals surface area contributed by atoms with Crippen LogP contribution in [-0.4, -0.2) is 46.7 Å². The molecular formula is C11H19NO4. The highest BCUT2D eigenvalue weighted by molar-refractivity contribution is 5.77. The lowest BCUT2D eigenvalue weighted by molar-refractivity contribution is -0.137. The van der Waals surface area contributed by atoms with Gasteiger partial charge in [-0.25, -0.2) is 0 Å². The molecule has 0 aromatic carbocycles. The Morgan fingerprint density at radius 3 is 2.31 bits per heavy atom. The molecule has 0 aromatic heterocycles. The van der Waals surface area contributed by atoms with E-state index >= 15 is 0 Å². The predicted molar refractivity (Wildman–Crippen MR) is 57.9 cm³/mol. The van der Waals surface area contributed by atoms with Crippen LogP contribution in [-0.2, 0) is 9.59 Å². The van der Waals surface area contributed by atoms with Gasteiger partial charge in [-0.3, -0.25) is 9.59 Å². The van der Waals surface area contributed by atoms with Gasteiger partial charge in [-0.05, 0) is 25.2 Å². The summed E-state index contributed by atoms with van der Waals surface area (Å²) >= 11 is 0. The molecule has 1 aliphatic rings. The van der Waals surface area contributed by atoms with Crippen molar-refractivity contribution in [2.75, 3.05) is 19.7 Å². The number of piperidine rings is 1. The fourth-order valence-electron chi connectivity index (χ4n) is 1.91. The van der Waals surface area contributed by atoms with Crippen LogP contribution in [0.4, 0.5) is 0 Å².